The van der Waals surface area contributed by atoms with Crippen molar-refractivity contribution in [1.82, 2.24) is 14.7 Å². The van der Waals surface area contributed by atoms with E-state index in [4.69, 9.17) is 4.74 Å². The zero-order valence-electron chi connectivity index (χ0n) is 11.0. The molecule has 96 valence electrons. The predicted molar refractivity (Wildman–Crippen MR) is 65.4 cm³/mol. The lowest BCUT2D eigenvalue weighted by molar-refractivity contribution is -0.145. The molecule has 0 aliphatic carbocycles. The molecule has 1 aromatic heterocycles. The average Bonchev–Trinajstić information content (AvgIpc) is 2.63. The lowest BCUT2D eigenvalue weighted by Crippen LogP contribution is -2.35. The van der Waals surface area contributed by atoms with Gasteiger partial charge in [-0.05, 0) is 20.8 Å². The summed E-state index contributed by atoms with van der Waals surface area (Å²) in [5.41, 5.74) is 1.10. The molecular formula is C12H21N3O2. The molecule has 5 heteroatoms. The second-order valence-corrected chi connectivity index (χ2v) is 4.33. The van der Waals surface area contributed by atoms with Crippen molar-refractivity contribution in [2.24, 2.45) is 7.05 Å². The minimum atomic E-state index is -0.176. The third kappa shape index (κ3) is 4.56. The van der Waals surface area contributed by atoms with Gasteiger partial charge in [0.2, 0.25) is 0 Å². The number of aryl methyl sites for hydroxylation is 1. The zero-order chi connectivity index (χ0) is 12.8. The van der Waals surface area contributed by atoms with Crippen LogP contribution in [0.3, 0.4) is 0 Å². The van der Waals surface area contributed by atoms with Crippen LogP contribution in [0, 0.1) is 0 Å². The topological polar surface area (TPSA) is 47.4 Å². The lowest BCUT2D eigenvalue weighted by Gasteiger charge is -2.24. The number of esters is 1. The van der Waals surface area contributed by atoms with Gasteiger partial charge in [-0.15, -0.1) is 0 Å². The van der Waals surface area contributed by atoms with Gasteiger partial charge in [0.15, 0.2) is 0 Å². The van der Waals surface area contributed by atoms with Crippen molar-refractivity contribution in [3.05, 3.63) is 18.0 Å². The molecule has 0 aliphatic rings. The van der Waals surface area contributed by atoms with Crippen molar-refractivity contribution in [3.63, 3.8) is 0 Å². The molecule has 0 saturated carbocycles. The first-order chi connectivity index (χ1) is 8.02. The van der Waals surface area contributed by atoms with Gasteiger partial charge >= 0.3 is 5.97 Å². The van der Waals surface area contributed by atoms with Gasteiger partial charge in [0.05, 0.1) is 19.3 Å². The van der Waals surface area contributed by atoms with E-state index in [9.17, 15) is 4.79 Å². The minimum absolute atomic E-state index is 0.176. The fourth-order valence-corrected chi connectivity index (χ4v) is 1.58. The van der Waals surface area contributed by atoms with Gasteiger partial charge in [-0.2, -0.15) is 5.10 Å². The minimum Gasteiger partial charge on any atom is -0.465 e. The fraction of sp³-hybridized carbons (Fsp3) is 0.667. The molecule has 0 saturated heterocycles. The van der Waals surface area contributed by atoms with E-state index in [-0.39, 0.29) is 5.97 Å². The van der Waals surface area contributed by atoms with Crippen LogP contribution < -0.4 is 0 Å². The van der Waals surface area contributed by atoms with Crippen LogP contribution in [-0.2, 0) is 23.1 Å². The summed E-state index contributed by atoms with van der Waals surface area (Å²) >= 11 is 0. The largest absolute Gasteiger partial charge is 0.465 e. The third-order valence-electron chi connectivity index (χ3n) is 2.51. The molecule has 0 aromatic carbocycles. The standard InChI is InChI=1S/C12H21N3O2/c1-5-17-12(16)9-15(10(2)3)8-11-6-13-14(4)7-11/h6-7,10H,5,8-9H2,1-4H3. The normalized spacial score (nSPS) is 11.2. The molecule has 0 atom stereocenters. The van der Waals surface area contributed by atoms with Crippen LogP contribution in [0.25, 0.3) is 0 Å². The molecule has 0 radical (unpaired) electrons. The molecule has 0 bridgehead atoms. The van der Waals surface area contributed by atoms with E-state index < -0.39 is 0 Å². The molecule has 1 rings (SSSR count). The number of carbonyl (C=O) groups is 1. The Morgan fingerprint density at radius 3 is 2.76 bits per heavy atom. The number of ether oxygens (including phenoxy) is 1. The molecule has 1 heterocycles. The van der Waals surface area contributed by atoms with Gasteiger partial charge < -0.3 is 4.74 Å². The Morgan fingerprint density at radius 1 is 1.59 bits per heavy atom. The molecule has 0 unspecified atom stereocenters. The summed E-state index contributed by atoms with van der Waals surface area (Å²) < 4.78 is 6.73. The van der Waals surface area contributed by atoms with E-state index in [0.29, 0.717) is 25.7 Å². The molecule has 0 N–H and O–H groups in total. The third-order valence-corrected chi connectivity index (χ3v) is 2.51. The molecule has 0 fully saturated rings. The van der Waals surface area contributed by atoms with Crippen LogP contribution in [-0.4, -0.2) is 39.8 Å². The Hall–Kier alpha value is -1.36. The van der Waals surface area contributed by atoms with Gasteiger partial charge in [-0.1, -0.05) is 0 Å². The summed E-state index contributed by atoms with van der Waals surface area (Å²) in [5.74, 6) is -0.176. The van der Waals surface area contributed by atoms with Crippen molar-refractivity contribution < 1.29 is 9.53 Å². The van der Waals surface area contributed by atoms with Crippen LogP contribution in [0.5, 0.6) is 0 Å². The maximum atomic E-state index is 11.5. The predicted octanol–water partition coefficient (Wildman–Crippen LogP) is 1.19. The highest BCUT2D eigenvalue weighted by Crippen LogP contribution is 2.07. The summed E-state index contributed by atoms with van der Waals surface area (Å²) in [6.45, 7) is 7.41. The zero-order valence-corrected chi connectivity index (χ0v) is 11.0. The highest BCUT2D eigenvalue weighted by molar-refractivity contribution is 5.71. The van der Waals surface area contributed by atoms with Crippen molar-refractivity contribution >= 4 is 5.97 Å². The maximum absolute atomic E-state index is 11.5. The summed E-state index contributed by atoms with van der Waals surface area (Å²) in [4.78, 5) is 13.5. The van der Waals surface area contributed by atoms with Crippen LogP contribution in [0.1, 0.15) is 26.3 Å². The summed E-state index contributed by atoms with van der Waals surface area (Å²) in [6.07, 6.45) is 3.78. The van der Waals surface area contributed by atoms with Crippen LogP contribution in [0.4, 0.5) is 0 Å². The fourth-order valence-electron chi connectivity index (χ4n) is 1.58. The molecule has 1 aromatic rings. The smallest absolute Gasteiger partial charge is 0.320 e. The van der Waals surface area contributed by atoms with Gasteiger partial charge in [0.25, 0.3) is 0 Å². The Labute approximate surface area is 102 Å². The van der Waals surface area contributed by atoms with Crippen LogP contribution in [0.15, 0.2) is 12.4 Å². The van der Waals surface area contributed by atoms with E-state index in [1.54, 1.807) is 4.68 Å². The summed E-state index contributed by atoms with van der Waals surface area (Å²) in [7, 11) is 1.88. The second-order valence-electron chi connectivity index (χ2n) is 4.33. The van der Waals surface area contributed by atoms with Gasteiger partial charge in [-0.25, -0.2) is 0 Å². The van der Waals surface area contributed by atoms with Crippen molar-refractivity contribution in [2.75, 3.05) is 13.2 Å². The van der Waals surface area contributed by atoms with Crippen molar-refractivity contribution in [2.45, 2.75) is 33.4 Å². The number of aromatic nitrogens is 2. The quantitative estimate of drug-likeness (QED) is 0.700. The number of hydrogen-bond donors (Lipinski definition) is 0. The van der Waals surface area contributed by atoms with E-state index in [2.05, 4.69) is 23.8 Å². The van der Waals surface area contributed by atoms with Crippen molar-refractivity contribution in [1.29, 1.82) is 0 Å². The second kappa shape index (κ2) is 6.39. The van der Waals surface area contributed by atoms with Gasteiger partial charge in [0.1, 0.15) is 0 Å². The molecule has 0 amide bonds. The summed E-state index contributed by atoms with van der Waals surface area (Å²) in [5, 5.41) is 4.12. The highest BCUT2D eigenvalue weighted by Gasteiger charge is 2.15. The van der Waals surface area contributed by atoms with E-state index in [1.165, 1.54) is 0 Å². The maximum Gasteiger partial charge on any atom is 0.320 e. The Balaban J connectivity index is 2.57. The SMILES string of the molecule is CCOC(=O)CN(Cc1cnn(C)c1)C(C)C. The monoisotopic (exact) mass is 239 g/mol. The highest BCUT2D eigenvalue weighted by atomic mass is 16.5. The molecule has 0 spiro atoms. The molecule has 0 aliphatic heterocycles. The number of rotatable bonds is 6. The first-order valence-corrected chi connectivity index (χ1v) is 5.90. The Morgan fingerprint density at radius 2 is 2.29 bits per heavy atom. The number of hydrogen-bond acceptors (Lipinski definition) is 4. The number of carbonyl (C=O) groups excluding carboxylic acids is 1. The Kier molecular flexibility index (Phi) is 5.15. The first-order valence-electron chi connectivity index (χ1n) is 5.90. The van der Waals surface area contributed by atoms with E-state index in [0.717, 1.165) is 5.56 Å². The van der Waals surface area contributed by atoms with E-state index >= 15 is 0 Å². The van der Waals surface area contributed by atoms with Crippen molar-refractivity contribution in [3.8, 4) is 0 Å². The first kappa shape index (κ1) is 13.7. The molecule has 5 nitrogen and oxygen atoms in total. The molecule has 17 heavy (non-hydrogen) atoms. The lowest BCUT2D eigenvalue weighted by atomic mass is 10.2. The summed E-state index contributed by atoms with van der Waals surface area (Å²) in [6, 6.07) is 0.291. The van der Waals surface area contributed by atoms with Gasteiger partial charge in [0, 0.05) is 31.4 Å². The van der Waals surface area contributed by atoms with Crippen LogP contribution >= 0.6 is 0 Å². The average molecular weight is 239 g/mol. The number of nitrogens with zero attached hydrogens (tertiary/aromatic N) is 3. The molecular weight excluding hydrogens is 218 g/mol. The van der Waals surface area contributed by atoms with Crippen LogP contribution in [0.2, 0.25) is 0 Å². The van der Waals surface area contributed by atoms with E-state index in [1.807, 2.05) is 26.4 Å². The Bertz CT molecular complexity index is 360. The van der Waals surface area contributed by atoms with Gasteiger partial charge in [-0.3, -0.25) is 14.4 Å².